The van der Waals surface area contributed by atoms with Crippen molar-refractivity contribution < 1.29 is 132 Å². The van der Waals surface area contributed by atoms with E-state index in [4.69, 9.17) is 70.3 Å². The van der Waals surface area contributed by atoms with Crippen LogP contribution in [-0.2, 0) is 22.3 Å². The van der Waals surface area contributed by atoms with E-state index in [2.05, 4.69) is 0 Å². The van der Waals surface area contributed by atoms with Crippen molar-refractivity contribution >= 4 is 80.6 Å². The zero-order chi connectivity index (χ0) is 17.9. The molecule has 120 valence electrons. The van der Waals surface area contributed by atoms with Gasteiger partial charge in [-0.3, -0.25) is 0 Å². The van der Waals surface area contributed by atoms with Crippen molar-refractivity contribution in [3.63, 3.8) is 0 Å². The summed E-state index contributed by atoms with van der Waals surface area (Å²) in [5.41, 5.74) is 0. The molecule has 0 aliphatic rings. The van der Waals surface area contributed by atoms with Crippen LogP contribution in [0.3, 0.4) is 0 Å². The zero-order valence-corrected chi connectivity index (χ0v) is 23.1. The summed E-state index contributed by atoms with van der Waals surface area (Å²) < 4.78 is 42.6. The Kier molecular flexibility index (Phi) is 116. The molecule has 0 N–H and O–H groups in total. The third kappa shape index (κ3) is 8600. The van der Waals surface area contributed by atoms with Crippen LogP contribution in [0, 0.1) is 0 Å². The Bertz CT molecular complexity index is 231. The predicted molar refractivity (Wildman–Crippen MR) is 45.9 cm³/mol. The molecular formula is H2Al2Na2O15Si5. The van der Waals surface area contributed by atoms with Gasteiger partial charge in [-0.15, -0.1) is 0 Å². The smallest absolute Gasteiger partial charge is 0.672 e. The molecule has 24 heteroatoms. The summed E-state index contributed by atoms with van der Waals surface area (Å²) in [7, 11) is -18.1. The largest absolute Gasteiger partial charge is 3.00 e. The van der Waals surface area contributed by atoms with Gasteiger partial charge in [0.1, 0.15) is 0 Å². The summed E-state index contributed by atoms with van der Waals surface area (Å²) in [6.07, 6.45) is 0. The van der Waals surface area contributed by atoms with E-state index in [1.165, 1.54) is 0 Å². The molecule has 24 heavy (non-hydrogen) atoms. The maximum atomic E-state index is 8.52. The first kappa shape index (κ1) is 56.2. The number of rotatable bonds is 0. The van der Waals surface area contributed by atoms with Gasteiger partial charge >= 0.3 is 96.7 Å². The molecule has 0 aromatic rings. The Morgan fingerprint density at radius 2 is 0.375 bits per heavy atom. The van der Waals surface area contributed by atoms with Crippen molar-refractivity contribution in [2.75, 3.05) is 0 Å². The first-order valence-corrected chi connectivity index (χ1v) is 9.19. The fraction of sp³-hybridized carbons (Fsp3) is 0. The minimum absolute atomic E-state index is 0. The average molecular weight is 482 g/mol. The molecule has 0 rings (SSSR count). The maximum absolute atomic E-state index is 8.52. The van der Waals surface area contributed by atoms with Gasteiger partial charge in [0, 0.05) is 45.9 Å². The molecule has 0 bridgehead atoms. The third-order valence-corrected chi connectivity index (χ3v) is 0. The molecule has 0 aromatic carbocycles. The van der Waals surface area contributed by atoms with Crippen LogP contribution in [0.15, 0.2) is 0 Å². The molecule has 0 radical (unpaired) electrons. The second-order valence-electron chi connectivity index (χ2n) is 1.25. The Balaban J connectivity index is -0.0000000114. The van der Waals surface area contributed by atoms with E-state index in [0.717, 1.165) is 0 Å². The van der Waals surface area contributed by atoms with Crippen LogP contribution in [0.1, 0.15) is 2.85 Å². The molecule has 0 fully saturated rings. The van der Waals surface area contributed by atoms with Gasteiger partial charge in [0.15, 0.2) is 0 Å². The summed E-state index contributed by atoms with van der Waals surface area (Å²) in [6.45, 7) is 0. The molecule has 0 saturated heterocycles. The fourth-order valence-corrected chi connectivity index (χ4v) is 0. The molecule has 0 spiro atoms. The second-order valence-corrected chi connectivity index (χ2v) is 3.75. The Morgan fingerprint density at radius 3 is 0.375 bits per heavy atom. The van der Waals surface area contributed by atoms with Crippen LogP contribution in [-0.4, -0.2) is 80.6 Å². The summed E-state index contributed by atoms with van der Waals surface area (Å²) in [6, 6.07) is 0. The monoisotopic (exact) mass is 482 g/mol. The van der Waals surface area contributed by atoms with Crippen LogP contribution in [0.25, 0.3) is 0 Å². The number of hydrogen-bond acceptors (Lipinski definition) is 15. The van der Waals surface area contributed by atoms with Crippen molar-refractivity contribution in [2.45, 2.75) is 0 Å². The second kappa shape index (κ2) is 49.6. The molecule has 0 aromatic heterocycles. The first-order chi connectivity index (χ1) is 8.66. The normalized spacial score (nSPS) is 5.00. The molecule has 0 atom stereocenters. The zero-order valence-electron chi connectivity index (χ0n) is 13.8. The van der Waals surface area contributed by atoms with E-state index in [1.807, 2.05) is 0 Å². The molecule has 0 saturated carbocycles. The molecular weight excluding hydrogens is 480 g/mol. The Labute approximate surface area is 210 Å². The molecule has 0 aliphatic carbocycles. The Hall–Kier alpha value is 1.15. The van der Waals surface area contributed by atoms with Gasteiger partial charge in [-0.25, -0.2) is 0 Å². The van der Waals surface area contributed by atoms with Crippen molar-refractivity contribution in [2.24, 2.45) is 0 Å². The van der Waals surface area contributed by atoms with Gasteiger partial charge < -0.3 is 70.3 Å². The van der Waals surface area contributed by atoms with Gasteiger partial charge in [-0.05, 0) is 0 Å². The summed E-state index contributed by atoms with van der Waals surface area (Å²) in [5, 5.41) is 0. The molecule has 0 unspecified atom stereocenters. The Morgan fingerprint density at radius 1 is 0.375 bits per heavy atom. The average Bonchev–Trinajstić information content (AvgIpc) is 1.94. The minimum Gasteiger partial charge on any atom is -0.672 e. The molecule has 0 aliphatic heterocycles. The summed E-state index contributed by atoms with van der Waals surface area (Å²) >= 11 is 0. The minimum atomic E-state index is -3.63. The van der Waals surface area contributed by atoms with Crippen molar-refractivity contribution in [1.29, 1.82) is 0 Å². The van der Waals surface area contributed by atoms with Crippen molar-refractivity contribution in [3.8, 4) is 0 Å². The standard InChI is InChI=1S/2Al.2Na.5O3Si/c;;;;5*1-4(2)3/q2*+3;2*+1;5*-2/p+2. The van der Waals surface area contributed by atoms with Gasteiger partial charge in [-0.1, -0.05) is 0 Å². The SMILES string of the molecule is O=[Si]([O-])[O-].O=[Si]([O-])[O-].O=[Si]([O-])[O-].O=[Si]([O-])[O-].O=[Si]([O-])[O-].[Al+3].[Al+3].[H+].[H+].[Na+].[Na+]. The molecule has 0 amide bonds. The maximum Gasteiger partial charge on any atom is 3.00 e. The van der Waals surface area contributed by atoms with Gasteiger partial charge in [0.2, 0.25) is 0 Å². The third-order valence-electron chi connectivity index (χ3n) is 0. The van der Waals surface area contributed by atoms with Crippen LogP contribution >= 0.6 is 0 Å². The van der Waals surface area contributed by atoms with Crippen molar-refractivity contribution in [3.05, 3.63) is 0 Å². The predicted octanol–water partition coefficient (Wildman–Crippen LogP) is -20.9. The number of hydrogen-bond donors (Lipinski definition) is 0. The van der Waals surface area contributed by atoms with E-state index >= 15 is 0 Å². The van der Waals surface area contributed by atoms with Gasteiger partial charge in [0.05, 0.1) is 0 Å². The van der Waals surface area contributed by atoms with Crippen LogP contribution in [0.5, 0.6) is 0 Å². The van der Waals surface area contributed by atoms with Crippen LogP contribution < -0.4 is 107 Å². The van der Waals surface area contributed by atoms with E-state index < -0.39 is 45.9 Å². The molecule has 15 nitrogen and oxygen atoms in total. The van der Waals surface area contributed by atoms with Gasteiger partial charge in [-0.2, -0.15) is 0 Å². The van der Waals surface area contributed by atoms with E-state index in [1.54, 1.807) is 0 Å². The van der Waals surface area contributed by atoms with Crippen molar-refractivity contribution in [1.82, 2.24) is 0 Å². The topological polar surface area (TPSA) is 316 Å². The van der Waals surface area contributed by atoms with E-state index in [-0.39, 0.29) is 96.7 Å². The summed E-state index contributed by atoms with van der Waals surface area (Å²) in [5.74, 6) is 0. The quantitative estimate of drug-likeness (QED) is 0.289. The van der Waals surface area contributed by atoms with Crippen LogP contribution in [0.2, 0.25) is 0 Å². The van der Waals surface area contributed by atoms with E-state index in [0.29, 0.717) is 0 Å². The van der Waals surface area contributed by atoms with Crippen LogP contribution in [0.4, 0.5) is 0 Å². The first-order valence-electron chi connectivity index (χ1n) is 3.06. The van der Waals surface area contributed by atoms with Gasteiger partial charge in [0.25, 0.3) is 0 Å². The fourth-order valence-electron chi connectivity index (χ4n) is 0. The van der Waals surface area contributed by atoms with E-state index in [9.17, 15) is 0 Å². The molecule has 0 heterocycles. The summed E-state index contributed by atoms with van der Waals surface area (Å²) in [4.78, 5) is 85.2.